The summed E-state index contributed by atoms with van der Waals surface area (Å²) in [4.78, 5) is 9.05. The third-order valence-electron chi connectivity index (χ3n) is 4.14. The summed E-state index contributed by atoms with van der Waals surface area (Å²) in [5.74, 6) is 1.19. The number of aryl methyl sites for hydroxylation is 1. The lowest BCUT2D eigenvalue weighted by Gasteiger charge is -2.21. The van der Waals surface area contributed by atoms with Crippen LogP contribution in [0.15, 0.2) is 58.6 Å². The molecule has 0 bridgehead atoms. The molecule has 27 heavy (non-hydrogen) atoms. The van der Waals surface area contributed by atoms with Crippen LogP contribution < -0.4 is 10.7 Å². The highest BCUT2D eigenvalue weighted by Crippen LogP contribution is 2.30. The standard InChI is InChI=1S/C18H15F3N6/c1-11-23-14-4-2-3-5-15(14)27(11)17-25-16(10-22-26-17)24-13-8-6-12(7-9-13)18(19,20)21/h2-10,17,26H,1H3,(H,24,25). The van der Waals surface area contributed by atoms with Crippen LogP contribution in [0.3, 0.4) is 0 Å². The van der Waals surface area contributed by atoms with Crippen LogP contribution in [0.5, 0.6) is 0 Å². The Morgan fingerprint density at radius 2 is 1.81 bits per heavy atom. The van der Waals surface area contributed by atoms with Crippen molar-refractivity contribution in [3.63, 3.8) is 0 Å². The molecule has 6 nitrogen and oxygen atoms in total. The van der Waals surface area contributed by atoms with Crippen molar-refractivity contribution in [1.82, 2.24) is 15.0 Å². The number of hydrogen-bond acceptors (Lipinski definition) is 5. The lowest BCUT2D eigenvalue weighted by atomic mass is 10.2. The first-order chi connectivity index (χ1) is 12.9. The van der Waals surface area contributed by atoms with Crippen LogP contribution in [0.2, 0.25) is 0 Å². The molecule has 0 saturated carbocycles. The molecule has 2 heterocycles. The van der Waals surface area contributed by atoms with Crippen LogP contribution in [0.25, 0.3) is 11.0 Å². The molecule has 1 aliphatic heterocycles. The second kappa shape index (κ2) is 6.42. The molecule has 1 atom stereocenters. The number of alkyl halides is 3. The maximum atomic E-state index is 12.7. The van der Waals surface area contributed by atoms with Gasteiger partial charge in [0.25, 0.3) is 0 Å². The SMILES string of the molecule is Cc1nc2ccccc2n1C1N=C(Nc2ccc(C(F)(F)F)cc2)C=NN1. The summed E-state index contributed by atoms with van der Waals surface area (Å²) in [5, 5.41) is 7.08. The highest BCUT2D eigenvalue weighted by molar-refractivity contribution is 6.35. The Hall–Kier alpha value is -3.36. The summed E-state index contributed by atoms with van der Waals surface area (Å²) in [5.41, 5.74) is 4.45. The van der Waals surface area contributed by atoms with Gasteiger partial charge < -0.3 is 5.32 Å². The quantitative estimate of drug-likeness (QED) is 0.717. The number of aromatic nitrogens is 2. The normalized spacial score (nSPS) is 16.9. The predicted octanol–water partition coefficient (Wildman–Crippen LogP) is 3.92. The van der Waals surface area contributed by atoms with Gasteiger partial charge in [0.1, 0.15) is 11.7 Å². The number of imidazole rings is 1. The van der Waals surface area contributed by atoms with Crippen LogP contribution in [-0.2, 0) is 6.18 Å². The van der Waals surface area contributed by atoms with E-state index in [0.717, 1.165) is 29.0 Å². The molecule has 2 aromatic carbocycles. The first-order valence-electron chi connectivity index (χ1n) is 8.16. The van der Waals surface area contributed by atoms with E-state index in [1.165, 1.54) is 18.3 Å². The Labute approximate surface area is 152 Å². The number of para-hydroxylation sites is 2. The van der Waals surface area contributed by atoms with E-state index in [2.05, 4.69) is 25.8 Å². The molecule has 0 radical (unpaired) electrons. The van der Waals surface area contributed by atoms with E-state index in [0.29, 0.717) is 11.5 Å². The van der Waals surface area contributed by atoms with Gasteiger partial charge in [0, 0.05) is 5.69 Å². The van der Waals surface area contributed by atoms with Crippen molar-refractivity contribution in [2.75, 3.05) is 5.32 Å². The molecule has 1 aliphatic rings. The maximum Gasteiger partial charge on any atom is 0.416 e. The number of nitrogens with one attached hydrogen (secondary N) is 2. The van der Waals surface area contributed by atoms with Gasteiger partial charge in [0.05, 0.1) is 22.8 Å². The fourth-order valence-corrected chi connectivity index (χ4v) is 2.90. The van der Waals surface area contributed by atoms with Gasteiger partial charge in [-0.2, -0.15) is 18.3 Å². The smallest absolute Gasteiger partial charge is 0.339 e. The first kappa shape index (κ1) is 17.1. The second-order valence-corrected chi connectivity index (χ2v) is 5.99. The monoisotopic (exact) mass is 372 g/mol. The van der Waals surface area contributed by atoms with Gasteiger partial charge in [-0.1, -0.05) is 12.1 Å². The number of halogens is 3. The Morgan fingerprint density at radius 3 is 2.56 bits per heavy atom. The van der Waals surface area contributed by atoms with Crippen LogP contribution >= 0.6 is 0 Å². The fourth-order valence-electron chi connectivity index (χ4n) is 2.90. The summed E-state index contributed by atoms with van der Waals surface area (Å²) in [6.45, 7) is 1.87. The largest absolute Gasteiger partial charge is 0.416 e. The Kier molecular flexibility index (Phi) is 4.06. The zero-order valence-electron chi connectivity index (χ0n) is 14.2. The number of rotatable bonds is 2. The van der Waals surface area contributed by atoms with Crippen LogP contribution in [-0.4, -0.2) is 21.6 Å². The molecule has 1 unspecified atom stereocenters. The van der Waals surface area contributed by atoms with Crippen molar-refractivity contribution in [3.8, 4) is 0 Å². The molecule has 2 N–H and O–H groups in total. The average molecular weight is 372 g/mol. The highest BCUT2D eigenvalue weighted by atomic mass is 19.4. The van der Waals surface area contributed by atoms with Crippen molar-refractivity contribution in [1.29, 1.82) is 0 Å². The molecule has 0 amide bonds. The molecule has 4 rings (SSSR count). The summed E-state index contributed by atoms with van der Waals surface area (Å²) >= 11 is 0. The van der Waals surface area contributed by atoms with E-state index in [1.54, 1.807) is 0 Å². The zero-order chi connectivity index (χ0) is 19.0. The molecule has 1 aromatic heterocycles. The van der Waals surface area contributed by atoms with Crippen molar-refractivity contribution in [2.24, 2.45) is 10.1 Å². The molecular weight excluding hydrogens is 357 g/mol. The molecule has 9 heteroatoms. The van der Waals surface area contributed by atoms with Crippen LogP contribution in [0.4, 0.5) is 18.9 Å². The number of benzene rings is 2. The average Bonchev–Trinajstić information content (AvgIpc) is 2.97. The molecule has 0 aliphatic carbocycles. The maximum absolute atomic E-state index is 12.7. The summed E-state index contributed by atoms with van der Waals surface area (Å²) in [6, 6.07) is 12.4. The lowest BCUT2D eigenvalue weighted by Crippen LogP contribution is -2.30. The minimum Gasteiger partial charge on any atom is -0.339 e. The third-order valence-corrected chi connectivity index (χ3v) is 4.14. The molecule has 138 valence electrons. The number of aliphatic imine (C=N–C) groups is 1. The number of amidine groups is 1. The minimum absolute atomic E-state index is 0.427. The van der Waals surface area contributed by atoms with Gasteiger partial charge in [0.2, 0.25) is 6.29 Å². The van der Waals surface area contributed by atoms with E-state index < -0.39 is 18.0 Å². The topological polar surface area (TPSA) is 66.6 Å². The Balaban J connectivity index is 1.60. The van der Waals surface area contributed by atoms with Crippen molar-refractivity contribution >= 4 is 28.8 Å². The highest BCUT2D eigenvalue weighted by Gasteiger charge is 2.30. The van der Waals surface area contributed by atoms with E-state index in [1.807, 2.05) is 35.8 Å². The van der Waals surface area contributed by atoms with Crippen molar-refractivity contribution in [2.45, 2.75) is 19.4 Å². The summed E-state index contributed by atoms with van der Waals surface area (Å²) in [6.07, 6.45) is -3.40. The third kappa shape index (κ3) is 3.35. The van der Waals surface area contributed by atoms with Gasteiger partial charge in [-0.25, -0.2) is 9.98 Å². The fraction of sp³-hybridized carbons (Fsp3) is 0.167. The lowest BCUT2D eigenvalue weighted by molar-refractivity contribution is -0.137. The number of hydrazone groups is 1. The number of fused-ring (bicyclic) bond motifs is 1. The minimum atomic E-state index is -4.36. The van der Waals surface area contributed by atoms with Gasteiger partial charge in [-0.15, -0.1) is 0 Å². The van der Waals surface area contributed by atoms with E-state index >= 15 is 0 Å². The Morgan fingerprint density at radius 1 is 1.07 bits per heavy atom. The Bertz CT molecular complexity index is 1030. The molecular formula is C18H15F3N6. The molecule has 0 fully saturated rings. The van der Waals surface area contributed by atoms with Crippen LogP contribution in [0, 0.1) is 6.92 Å². The van der Waals surface area contributed by atoms with Gasteiger partial charge in [0.15, 0.2) is 0 Å². The van der Waals surface area contributed by atoms with E-state index in [-0.39, 0.29) is 0 Å². The van der Waals surface area contributed by atoms with Crippen molar-refractivity contribution < 1.29 is 13.2 Å². The molecule has 0 saturated heterocycles. The first-order valence-corrected chi connectivity index (χ1v) is 8.16. The molecule has 0 spiro atoms. The number of hydrogen-bond donors (Lipinski definition) is 2. The molecule has 3 aromatic rings. The summed E-state index contributed by atoms with van der Waals surface area (Å²) < 4.78 is 39.9. The van der Waals surface area contributed by atoms with Gasteiger partial charge >= 0.3 is 6.18 Å². The van der Waals surface area contributed by atoms with Crippen molar-refractivity contribution in [3.05, 3.63) is 59.9 Å². The van der Waals surface area contributed by atoms with E-state index in [9.17, 15) is 13.2 Å². The zero-order valence-corrected chi connectivity index (χ0v) is 14.2. The predicted molar refractivity (Wildman–Crippen MR) is 97.6 cm³/mol. The second-order valence-electron chi connectivity index (χ2n) is 5.99. The number of anilines is 1. The van der Waals surface area contributed by atoms with Crippen LogP contribution in [0.1, 0.15) is 17.7 Å². The number of nitrogens with zero attached hydrogens (tertiary/aromatic N) is 4. The van der Waals surface area contributed by atoms with Gasteiger partial charge in [-0.3, -0.25) is 9.99 Å². The van der Waals surface area contributed by atoms with Gasteiger partial charge in [-0.05, 0) is 43.3 Å². The van der Waals surface area contributed by atoms with E-state index in [4.69, 9.17) is 0 Å². The summed E-state index contributed by atoms with van der Waals surface area (Å²) in [7, 11) is 0.